The van der Waals surface area contributed by atoms with Gasteiger partial charge in [0.05, 0.1) is 35.2 Å². The first-order valence-electron chi connectivity index (χ1n) is 27.5. The van der Waals surface area contributed by atoms with E-state index in [2.05, 4.69) is 48.6 Å². The van der Waals surface area contributed by atoms with Gasteiger partial charge in [-0.15, -0.1) is 0 Å². The normalized spacial score (nSPS) is 24.1. The fourth-order valence-electron chi connectivity index (χ4n) is 14.1. The maximum absolute atomic E-state index is 17.3. The largest absolute Gasteiger partial charge is 0.508 e. The second kappa shape index (κ2) is 18.5. The molecule has 2 saturated carbocycles. The second-order valence-electron chi connectivity index (χ2n) is 23.4. The summed E-state index contributed by atoms with van der Waals surface area (Å²) >= 11 is 0. The molecule has 15 nitrogen and oxygen atoms in total. The van der Waals surface area contributed by atoms with Gasteiger partial charge >= 0.3 is 11.7 Å². The number of likely N-dealkylation sites (tertiary alicyclic amines) is 1. The Morgan fingerprint density at radius 1 is 0.907 bits per heavy atom. The minimum absolute atomic E-state index is 0.00958. The van der Waals surface area contributed by atoms with Crippen LogP contribution in [-0.4, -0.2) is 129 Å². The van der Waals surface area contributed by atoms with E-state index in [1.807, 2.05) is 13.0 Å². The van der Waals surface area contributed by atoms with Crippen molar-refractivity contribution in [3.63, 3.8) is 0 Å². The number of piperazine rings is 1. The summed E-state index contributed by atoms with van der Waals surface area (Å²) in [5.41, 5.74) is 4.29. The molecular formula is C58H68F2N10O5. The van der Waals surface area contributed by atoms with Gasteiger partial charge in [-0.2, -0.15) is 9.97 Å². The number of carbonyl (C=O) groups is 1. The number of anilines is 2. The Morgan fingerprint density at radius 3 is 2.44 bits per heavy atom. The van der Waals surface area contributed by atoms with Crippen LogP contribution in [0, 0.1) is 28.4 Å². The number of benzene rings is 3. The van der Waals surface area contributed by atoms with Crippen LogP contribution in [0.15, 0.2) is 65.7 Å². The first-order valence-corrected chi connectivity index (χ1v) is 27.5. The number of fused-ring (bicyclic) bond motifs is 3. The Hall–Kier alpha value is -6.17. The van der Waals surface area contributed by atoms with Crippen LogP contribution in [0.4, 0.5) is 20.3 Å². The molecule has 5 saturated heterocycles. The van der Waals surface area contributed by atoms with Crippen LogP contribution < -0.4 is 25.5 Å². The molecule has 0 bridgehead atoms. The lowest BCUT2D eigenvalue weighted by molar-refractivity contribution is -0.151. The number of aromatic hydroxyl groups is 1. The molecule has 6 aromatic rings. The van der Waals surface area contributed by atoms with Crippen molar-refractivity contribution in [3.8, 4) is 23.0 Å². The van der Waals surface area contributed by atoms with Gasteiger partial charge in [0.25, 0.3) is 0 Å². The third-order valence-corrected chi connectivity index (χ3v) is 18.6. The first kappa shape index (κ1) is 48.5. The van der Waals surface area contributed by atoms with E-state index in [1.165, 1.54) is 37.8 Å². The molecule has 0 radical (unpaired) electrons. The molecule has 394 valence electrons. The number of amides is 1. The molecule has 2 N–H and O–H groups in total. The third kappa shape index (κ3) is 8.70. The summed E-state index contributed by atoms with van der Waals surface area (Å²) in [6.07, 6.45) is 13.2. The lowest BCUT2D eigenvalue weighted by Gasteiger charge is -2.54. The third-order valence-electron chi connectivity index (χ3n) is 18.6. The Bertz CT molecular complexity index is 3320. The van der Waals surface area contributed by atoms with Gasteiger partial charge in [0.2, 0.25) is 5.91 Å². The van der Waals surface area contributed by atoms with Gasteiger partial charge in [-0.05, 0) is 148 Å². The first-order chi connectivity index (χ1) is 36.3. The number of allylic oxidation sites excluding steroid dienone is 1. The van der Waals surface area contributed by atoms with Crippen molar-refractivity contribution in [3.05, 3.63) is 88.6 Å². The minimum atomic E-state index is -0.663. The number of halogens is 2. The number of nitrogens with zero attached hydrogens (tertiary/aromatic N) is 9. The molecule has 13 rings (SSSR count). The summed E-state index contributed by atoms with van der Waals surface area (Å²) in [5, 5.41) is 15.2. The van der Waals surface area contributed by atoms with Gasteiger partial charge < -0.3 is 34.6 Å². The Morgan fingerprint density at radius 2 is 1.71 bits per heavy atom. The van der Waals surface area contributed by atoms with Gasteiger partial charge in [-0.3, -0.25) is 23.8 Å². The van der Waals surface area contributed by atoms with E-state index < -0.39 is 11.9 Å². The topological polar surface area (TPSA) is 146 Å². The average molecular weight is 1020 g/mol. The number of aryl methyl sites for hydroxylation is 2. The average Bonchev–Trinajstić information content (AvgIpc) is 4.12. The molecular weight excluding hydrogens is 955 g/mol. The monoisotopic (exact) mass is 1020 g/mol. The fourth-order valence-corrected chi connectivity index (χ4v) is 14.1. The maximum Gasteiger partial charge on any atom is 0.329 e. The van der Waals surface area contributed by atoms with Crippen LogP contribution in [0.1, 0.15) is 89.2 Å². The van der Waals surface area contributed by atoms with E-state index in [1.54, 1.807) is 34.5 Å². The van der Waals surface area contributed by atoms with Crippen LogP contribution >= 0.6 is 0 Å². The summed E-state index contributed by atoms with van der Waals surface area (Å²) in [7, 11) is 1.79. The zero-order chi connectivity index (χ0) is 51.4. The van der Waals surface area contributed by atoms with Crippen LogP contribution in [-0.2, 0) is 23.0 Å². The number of piperidine rings is 3. The van der Waals surface area contributed by atoms with Gasteiger partial charge in [-0.25, -0.2) is 13.6 Å². The molecule has 1 amide bonds. The molecule has 7 aliphatic rings. The number of pyridine rings is 1. The maximum atomic E-state index is 17.3. The fraction of sp³-hybridized carbons (Fsp3) is 0.534. The second-order valence-corrected chi connectivity index (χ2v) is 23.4. The standard InChI is InChI=1S/C58H68F2N10O5/c1-4-41-44(59)9-7-38-26-40(71)28-42(48(38)41)50-49(60)51-43(31-61-50)52(69-18-5-12-58(34-69)17-25-75-58)64-54(63-51)74-35-57(13-14-57)33-67-19-15-56(16-20-67)29-37(30-56)32-66-21-23-68(24-22-66)39-8-11-45-47(27-39)65(3)55(73)70(45)46-10-6-36(2)62-53(46)72/h7-9,11,26-28,31,37,46,71H,2,4-6,10,12-25,29-30,32-35H2,1,3H3,(H,62,72)/t46?,58-/m0/s1. The zero-order valence-electron chi connectivity index (χ0n) is 43.3. The predicted octanol–water partition coefficient (Wildman–Crippen LogP) is 8.24. The summed E-state index contributed by atoms with van der Waals surface area (Å²) in [5.74, 6) is 0.0151. The molecule has 2 atom stereocenters. The lowest BCUT2D eigenvalue weighted by atomic mass is 9.57. The molecule has 8 heterocycles. The summed E-state index contributed by atoms with van der Waals surface area (Å²) in [6.45, 7) is 16.5. The number of rotatable bonds is 12. The van der Waals surface area contributed by atoms with Crippen LogP contribution in [0.5, 0.6) is 11.8 Å². The summed E-state index contributed by atoms with van der Waals surface area (Å²) < 4.78 is 48.5. The Balaban J connectivity index is 0.639. The van der Waals surface area contributed by atoms with Crippen molar-refractivity contribution < 1.29 is 28.2 Å². The van der Waals surface area contributed by atoms with Crippen LogP contribution in [0.25, 0.3) is 44.0 Å². The molecule has 1 unspecified atom stereocenters. The van der Waals surface area contributed by atoms with Gasteiger partial charge in [0.15, 0.2) is 5.82 Å². The number of imidazole rings is 1. The number of hydrogen-bond donors (Lipinski definition) is 2. The number of hydrogen-bond acceptors (Lipinski definition) is 12. The molecule has 17 heteroatoms. The van der Waals surface area contributed by atoms with E-state index in [-0.39, 0.29) is 51.4 Å². The summed E-state index contributed by atoms with van der Waals surface area (Å²) in [4.78, 5) is 50.6. The van der Waals surface area contributed by atoms with E-state index in [4.69, 9.17) is 19.4 Å². The smallest absolute Gasteiger partial charge is 0.329 e. The van der Waals surface area contributed by atoms with Crippen LogP contribution in [0.3, 0.4) is 0 Å². The molecule has 75 heavy (non-hydrogen) atoms. The predicted molar refractivity (Wildman–Crippen MR) is 285 cm³/mol. The van der Waals surface area contributed by atoms with Crippen molar-refractivity contribution in [2.75, 3.05) is 88.5 Å². The molecule has 3 aromatic heterocycles. The van der Waals surface area contributed by atoms with Crippen LogP contribution in [0.2, 0.25) is 0 Å². The van der Waals surface area contributed by atoms with E-state index in [0.717, 1.165) is 120 Å². The number of phenolic OH excluding ortho intramolecular Hbond substituents is 1. The van der Waals surface area contributed by atoms with Gasteiger partial charge in [-0.1, -0.05) is 19.6 Å². The SMILES string of the molecule is C=C1CCC(n2c(=O)n(C)c3cc(N4CCN(CC5CC6(CCN(CC7(COc8nc(N9CCC[C@]%10(CCO%10)C9)c9cnc(-c%10cc(O)cc%11ccc(F)c(CC)c%10%11)c(F)c9n8)CC7)CC6)C5)CC4)ccc32)C(=O)N1. The molecule has 3 aromatic carbocycles. The number of ether oxygens (including phenoxy) is 2. The highest BCUT2D eigenvalue weighted by atomic mass is 19.1. The molecule has 7 fully saturated rings. The zero-order valence-corrected chi connectivity index (χ0v) is 43.3. The number of aromatic nitrogens is 5. The highest BCUT2D eigenvalue weighted by Crippen LogP contribution is 2.54. The Kier molecular flexibility index (Phi) is 12.0. The van der Waals surface area contributed by atoms with Crippen molar-refractivity contribution in [1.82, 2.24) is 39.2 Å². The minimum Gasteiger partial charge on any atom is -0.508 e. The Labute approximate surface area is 435 Å². The van der Waals surface area contributed by atoms with Crippen molar-refractivity contribution in [2.24, 2.45) is 23.8 Å². The number of carbonyl (C=O) groups excluding carboxylic acids is 1. The molecule has 5 aliphatic heterocycles. The van der Waals surface area contributed by atoms with E-state index in [9.17, 15) is 14.7 Å². The molecule has 2 aliphatic carbocycles. The van der Waals surface area contributed by atoms with Crippen molar-refractivity contribution >= 4 is 50.1 Å². The highest BCUT2D eigenvalue weighted by molar-refractivity contribution is 6.02. The number of nitrogens with one attached hydrogen (secondary N) is 1. The van der Waals surface area contributed by atoms with Crippen molar-refractivity contribution in [1.29, 1.82) is 0 Å². The quantitative estimate of drug-likeness (QED) is 0.122. The summed E-state index contributed by atoms with van der Waals surface area (Å²) in [6, 6.07) is 11.8. The molecule has 2 spiro atoms. The van der Waals surface area contributed by atoms with E-state index >= 15 is 8.78 Å². The van der Waals surface area contributed by atoms with Gasteiger partial charge in [0.1, 0.15) is 34.6 Å². The van der Waals surface area contributed by atoms with E-state index in [0.29, 0.717) is 76.6 Å². The number of phenols is 1. The van der Waals surface area contributed by atoms with Crippen molar-refractivity contribution in [2.45, 2.75) is 95.6 Å². The lowest BCUT2D eigenvalue weighted by Crippen LogP contribution is -2.56. The van der Waals surface area contributed by atoms with Gasteiger partial charge in [0, 0.05) is 94.4 Å². The highest BCUT2D eigenvalue weighted by Gasteiger charge is 2.50.